The first-order valence-electron chi connectivity index (χ1n) is 16.1. The summed E-state index contributed by atoms with van der Waals surface area (Å²) in [7, 11) is 0. The summed E-state index contributed by atoms with van der Waals surface area (Å²) >= 11 is 0. The predicted octanol–water partition coefficient (Wildman–Crippen LogP) is 2.86. The first-order chi connectivity index (χ1) is 22.0. The minimum Gasteiger partial charge on any atom is -0.352 e. The molecule has 3 rings (SSSR count). The number of hydrogen-bond acceptors (Lipinski definition) is 6. The predicted molar refractivity (Wildman–Crippen MR) is 175 cm³/mol. The monoisotopic (exact) mass is 633 g/mol. The van der Waals surface area contributed by atoms with Crippen LogP contribution in [0.3, 0.4) is 0 Å². The van der Waals surface area contributed by atoms with Crippen LogP contribution in [-0.2, 0) is 19.2 Å². The fourth-order valence-electron chi connectivity index (χ4n) is 5.33. The molecule has 0 radical (unpaired) electrons. The van der Waals surface area contributed by atoms with Gasteiger partial charge in [0.2, 0.25) is 17.7 Å². The number of hydrogen-bond donors (Lipinski definition) is 4. The van der Waals surface area contributed by atoms with Crippen LogP contribution in [0.5, 0.6) is 0 Å². The molecular weight excluding hydrogens is 586 g/mol. The summed E-state index contributed by atoms with van der Waals surface area (Å²) in [5.41, 5.74) is 0.952. The fourth-order valence-corrected chi connectivity index (χ4v) is 5.33. The van der Waals surface area contributed by atoms with Crippen LogP contribution in [0.25, 0.3) is 0 Å². The average molecular weight is 634 g/mol. The van der Waals surface area contributed by atoms with Gasteiger partial charge in [0.25, 0.3) is 11.8 Å². The number of unbranched alkanes of at least 4 members (excludes halogenated alkanes) is 1. The maximum atomic E-state index is 13.8. The van der Waals surface area contributed by atoms with Crippen molar-refractivity contribution < 1.29 is 28.8 Å². The zero-order valence-electron chi connectivity index (χ0n) is 27.2. The van der Waals surface area contributed by atoms with Crippen LogP contribution < -0.4 is 21.3 Å². The highest BCUT2D eigenvalue weighted by atomic mass is 16.2. The number of nitrogens with one attached hydrogen (secondary N) is 4. The highest BCUT2D eigenvalue weighted by Gasteiger charge is 2.40. The van der Waals surface area contributed by atoms with Crippen LogP contribution in [-0.4, -0.2) is 78.0 Å². The van der Waals surface area contributed by atoms with E-state index in [-0.39, 0.29) is 30.1 Å². The molecule has 248 valence electrons. The summed E-state index contributed by atoms with van der Waals surface area (Å²) in [6.45, 7) is 8.02. The minimum absolute atomic E-state index is 0.0992. The van der Waals surface area contributed by atoms with E-state index in [1.54, 1.807) is 54.6 Å². The van der Waals surface area contributed by atoms with Crippen molar-refractivity contribution in [3.63, 3.8) is 0 Å². The van der Waals surface area contributed by atoms with E-state index in [2.05, 4.69) is 21.3 Å². The average Bonchev–Trinajstić information content (AvgIpc) is 3.55. The number of carbonyl (C=O) groups is 6. The molecule has 0 bridgehead atoms. The van der Waals surface area contributed by atoms with Gasteiger partial charge in [-0.2, -0.15) is 0 Å². The molecule has 0 saturated carbocycles. The Labute approximate surface area is 271 Å². The Morgan fingerprint density at radius 1 is 0.804 bits per heavy atom. The number of aldehydes is 1. The number of nitrogens with zero attached hydrogens (tertiary/aromatic N) is 1. The second-order valence-electron chi connectivity index (χ2n) is 12.3. The molecule has 2 aromatic rings. The summed E-state index contributed by atoms with van der Waals surface area (Å²) in [5, 5.41) is 11.3. The lowest BCUT2D eigenvalue weighted by molar-refractivity contribution is -0.143. The van der Waals surface area contributed by atoms with Gasteiger partial charge in [-0.05, 0) is 68.2 Å². The van der Waals surface area contributed by atoms with E-state index < -0.39 is 41.9 Å². The summed E-state index contributed by atoms with van der Waals surface area (Å²) in [5.74, 6) is -2.30. The van der Waals surface area contributed by atoms with Crippen LogP contribution in [0.4, 0.5) is 0 Å². The Kier molecular flexibility index (Phi) is 13.9. The third-order valence-corrected chi connectivity index (χ3v) is 8.14. The van der Waals surface area contributed by atoms with Gasteiger partial charge in [0.1, 0.15) is 24.4 Å². The normalized spacial score (nSPS) is 16.3. The zero-order chi connectivity index (χ0) is 33.6. The second kappa shape index (κ2) is 17.8. The Bertz CT molecular complexity index is 1330. The standard InChI is InChI=1S/C35H47N5O6/c1-23(2)28(22-41)38-34(45)29-19-13-21-40(29)35(46)30(24(3)4)39-33(44)27(37-32(43)26-16-9-6-10-17-26)18-11-12-20-36-31(42)25-14-7-5-8-15-25/h5-10,14-17,22-24,27-30H,11-13,18-21H2,1-4H3,(H,36,42)(H,37,43)(H,38,45)(H,39,44)/t27-,28+,29-,30-/m0/s1. The van der Waals surface area contributed by atoms with E-state index in [9.17, 15) is 28.8 Å². The van der Waals surface area contributed by atoms with Crippen LogP contribution in [0, 0.1) is 11.8 Å². The van der Waals surface area contributed by atoms with Gasteiger partial charge in [0.15, 0.2) is 0 Å². The smallest absolute Gasteiger partial charge is 0.251 e. The molecular formula is C35H47N5O6. The van der Waals surface area contributed by atoms with Crippen molar-refractivity contribution in [1.29, 1.82) is 0 Å². The molecule has 1 aliphatic rings. The van der Waals surface area contributed by atoms with Gasteiger partial charge in [-0.1, -0.05) is 64.1 Å². The van der Waals surface area contributed by atoms with E-state index in [1.807, 2.05) is 33.8 Å². The quantitative estimate of drug-likeness (QED) is 0.165. The van der Waals surface area contributed by atoms with Crippen molar-refractivity contribution in [2.45, 2.75) is 84.0 Å². The molecule has 0 aliphatic carbocycles. The van der Waals surface area contributed by atoms with E-state index in [0.29, 0.717) is 56.2 Å². The van der Waals surface area contributed by atoms with E-state index in [0.717, 1.165) is 0 Å². The topological polar surface area (TPSA) is 154 Å². The van der Waals surface area contributed by atoms with Crippen LogP contribution in [0.1, 0.15) is 80.5 Å². The number of benzene rings is 2. The lowest BCUT2D eigenvalue weighted by Crippen LogP contribution is -2.58. The summed E-state index contributed by atoms with van der Waals surface area (Å²) in [6, 6.07) is 14.1. The third kappa shape index (κ3) is 10.3. The van der Waals surface area contributed by atoms with Crippen molar-refractivity contribution in [2.75, 3.05) is 13.1 Å². The number of carbonyl (C=O) groups excluding carboxylic acids is 6. The van der Waals surface area contributed by atoms with Gasteiger partial charge in [-0.25, -0.2) is 0 Å². The molecule has 1 fully saturated rings. The maximum Gasteiger partial charge on any atom is 0.251 e. The Balaban J connectivity index is 1.68. The number of rotatable bonds is 16. The lowest BCUT2D eigenvalue weighted by Gasteiger charge is -2.32. The van der Waals surface area contributed by atoms with Gasteiger partial charge >= 0.3 is 0 Å². The molecule has 1 aliphatic heterocycles. The molecule has 46 heavy (non-hydrogen) atoms. The van der Waals surface area contributed by atoms with Gasteiger partial charge in [0, 0.05) is 24.2 Å². The van der Waals surface area contributed by atoms with E-state index in [4.69, 9.17) is 0 Å². The fraction of sp³-hybridized carbons (Fsp3) is 0.486. The summed E-state index contributed by atoms with van der Waals surface area (Å²) in [4.78, 5) is 78.9. The number of likely N-dealkylation sites (tertiary alicyclic amines) is 1. The molecule has 1 heterocycles. The Hall–Kier alpha value is -4.54. The molecule has 0 unspecified atom stereocenters. The van der Waals surface area contributed by atoms with Crippen molar-refractivity contribution in [1.82, 2.24) is 26.2 Å². The summed E-state index contributed by atoms with van der Waals surface area (Å²) < 4.78 is 0. The van der Waals surface area contributed by atoms with Crippen molar-refractivity contribution in [3.05, 3.63) is 71.8 Å². The van der Waals surface area contributed by atoms with E-state index in [1.165, 1.54) is 4.90 Å². The van der Waals surface area contributed by atoms with Crippen LogP contribution >= 0.6 is 0 Å². The SMILES string of the molecule is CC(C)[C@H](NC(=O)[C@H](CCCCNC(=O)c1ccccc1)NC(=O)c1ccccc1)C(=O)N1CCC[C@H]1C(=O)N[C@H](C=O)C(C)C. The summed E-state index contributed by atoms with van der Waals surface area (Å²) in [6.07, 6.45) is 3.14. The first-order valence-corrected chi connectivity index (χ1v) is 16.1. The molecule has 0 aromatic heterocycles. The second-order valence-corrected chi connectivity index (χ2v) is 12.3. The van der Waals surface area contributed by atoms with Crippen molar-refractivity contribution >= 4 is 35.8 Å². The molecule has 4 atom stereocenters. The minimum atomic E-state index is -0.941. The van der Waals surface area contributed by atoms with Crippen molar-refractivity contribution in [2.24, 2.45) is 11.8 Å². The highest BCUT2D eigenvalue weighted by Crippen LogP contribution is 2.21. The first kappa shape index (κ1) is 35.9. The molecule has 2 aromatic carbocycles. The largest absolute Gasteiger partial charge is 0.352 e. The van der Waals surface area contributed by atoms with E-state index >= 15 is 0 Å². The van der Waals surface area contributed by atoms with Crippen LogP contribution in [0.15, 0.2) is 60.7 Å². The molecule has 4 N–H and O–H groups in total. The highest BCUT2D eigenvalue weighted by molar-refractivity contribution is 5.99. The van der Waals surface area contributed by atoms with Gasteiger partial charge < -0.3 is 31.0 Å². The Morgan fingerprint density at radius 3 is 1.98 bits per heavy atom. The van der Waals surface area contributed by atoms with Gasteiger partial charge in [-0.3, -0.25) is 24.0 Å². The molecule has 5 amide bonds. The van der Waals surface area contributed by atoms with Crippen LogP contribution in [0.2, 0.25) is 0 Å². The van der Waals surface area contributed by atoms with Crippen molar-refractivity contribution in [3.8, 4) is 0 Å². The van der Waals surface area contributed by atoms with Gasteiger partial charge in [-0.15, -0.1) is 0 Å². The molecule has 11 nitrogen and oxygen atoms in total. The third-order valence-electron chi connectivity index (χ3n) is 8.14. The molecule has 11 heteroatoms. The molecule has 0 spiro atoms. The van der Waals surface area contributed by atoms with Gasteiger partial charge in [0.05, 0.1) is 6.04 Å². The lowest BCUT2D eigenvalue weighted by atomic mass is 10.00. The zero-order valence-corrected chi connectivity index (χ0v) is 27.2. The number of amides is 5. The molecule has 1 saturated heterocycles. The Morgan fingerprint density at radius 2 is 1.41 bits per heavy atom. The maximum absolute atomic E-state index is 13.8.